The predicted octanol–water partition coefficient (Wildman–Crippen LogP) is 2.66. The topological polar surface area (TPSA) is 62.7 Å². The minimum atomic E-state index is -0.760. The van der Waals surface area contributed by atoms with E-state index in [2.05, 4.69) is 4.98 Å². The second-order valence-electron chi connectivity index (χ2n) is 8.05. The zero-order valence-corrected chi connectivity index (χ0v) is 16.2. The van der Waals surface area contributed by atoms with E-state index in [0.29, 0.717) is 26.2 Å². The van der Waals surface area contributed by atoms with Gasteiger partial charge in [0, 0.05) is 32.4 Å². The number of Topliss-reactive ketones (excluding diaryl/α,β-unsaturated/α-hetero) is 1. The molecule has 1 aromatic heterocycles. The van der Waals surface area contributed by atoms with Crippen molar-refractivity contribution in [3.8, 4) is 0 Å². The Labute approximate surface area is 154 Å². The van der Waals surface area contributed by atoms with Crippen molar-refractivity contribution in [2.75, 3.05) is 26.2 Å². The molecular weight excluding hydrogens is 337 g/mol. The lowest BCUT2D eigenvalue weighted by Gasteiger charge is -2.43. The molecule has 1 aliphatic rings. The average molecular weight is 365 g/mol. The molecule has 1 amide bonds. The molecule has 2 heterocycles. The molecule has 6 nitrogen and oxygen atoms in total. The van der Waals surface area contributed by atoms with Crippen molar-refractivity contribution in [2.24, 2.45) is 0 Å². The first kappa shape index (κ1) is 20.3. The van der Waals surface area contributed by atoms with Crippen LogP contribution in [-0.2, 0) is 16.0 Å². The monoisotopic (exact) mass is 365 g/mol. The summed E-state index contributed by atoms with van der Waals surface area (Å²) in [5, 5.41) is 0. The number of pyridine rings is 1. The second kappa shape index (κ2) is 7.70. The molecule has 0 aromatic carbocycles. The molecule has 2 rings (SSSR count). The molecule has 0 aliphatic carbocycles. The first-order valence-corrected chi connectivity index (χ1v) is 8.86. The van der Waals surface area contributed by atoms with Crippen LogP contribution in [0.4, 0.5) is 9.18 Å². The fourth-order valence-electron chi connectivity index (χ4n) is 2.87. The van der Waals surface area contributed by atoms with Gasteiger partial charge in [-0.2, -0.15) is 0 Å². The van der Waals surface area contributed by atoms with Gasteiger partial charge in [0.2, 0.25) is 0 Å². The highest BCUT2D eigenvalue weighted by molar-refractivity contribution is 5.89. The van der Waals surface area contributed by atoms with Crippen molar-refractivity contribution in [3.05, 3.63) is 29.8 Å². The van der Waals surface area contributed by atoms with Crippen LogP contribution in [0.15, 0.2) is 18.3 Å². The minimum absolute atomic E-state index is 0.0496. The first-order valence-electron chi connectivity index (χ1n) is 8.86. The van der Waals surface area contributed by atoms with Gasteiger partial charge >= 0.3 is 6.09 Å². The lowest BCUT2D eigenvalue weighted by Crippen LogP contribution is -2.59. The highest BCUT2D eigenvalue weighted by Crippen LogP contribution is 2.21. The minimum Gasteiger partial charge on any atom is -0.444 e. The number of ketones is 1. The molecule has 0 atom stereocenters. The van der Waals surface area contributed by atoms with E-state index in [9.17, 15) is 14.0 Å². The third-order valence-electron chi connectivity index (χ3n) is 4.57. The van der Waals surface area contributed by atoms with Gasteiger partial charge in [0.05, 0.1) is 17.7 Å². The molecule has 1 aromatic rings. The van der Waals surface area contributed by atoms with Crippen LogP contribution in [0.5, 0.6) is 0 Å². The smallest absolute Gasteiger partial charge is 0.410 e. The highest BCUT2D eigenvalue weighted by Gasteiger charge is 2.37. The van der Waals surface area contributed by atoms with Gasteiger partial charge in [0.1, 0.15) is 11.4 Å². The number of amides is 1. The van der Waals surface area contributed by atoms with E-state index in [1.807, 2.05) is 39.5 Å². The van der Waals surface area contributed by atoms with E-state index in [-0.39, 0.29) is 24.0 Å². The van der Waals surface area contributed by atoms with Gasteiger partial charge in [0.25, 0.3) is 0 Å². The van der Waals surface area contributed by atoms with E-state index < -0.39 is 17.0 Å². The van der Waals surface area contributed by atoms with Gasteiger partial charge in [-0.1, -0.05) is 0 Å². The zero-order chi connectivity index (χ0) is 19.5. The standard InChI is InChI=1S/C19H28FN3O3/c1-18(2,3)26-17(25)22-9-11-23(12-10-22)19(4,5)16(24)13-15-14(20)7-6-8-21-15/h6-8H,9-13H2,1-5H3. The van der Waals surface area contributed by atoms with Crippen molar-refractivity contribution in [2.45, 2.75) is 52.2 Å². The Hall–Kier alpha value is -2.02. The maximum atomic E-state index is 13.8. The summed E-state index contributed by atoms with van der Waals surface area (Å²) in [6, 6.07) is 2.81. The normalized spacial score (nSPS) is 16.5. The lowest BCUT2D eigenvalue weighted by molar-refractivity contribution is -0.130. The number of hydrogen-bond donors (Lipinski definition) is 0. The van der Waals surface area contributed by atoms with Crippen molar-refractivity contribution >= 4 is 11.9 Å². The summed E-state index contributed by atoms with van der Waals surface area (Å²) in [4.78, 5) is 32.5. The molecule has 0 unspecified atom stereocenters. The lowest BCUT2D eigenvalue weighted by atomic mass is 9.92. The van der Waals surface area contributed by atoms with Crippen LogP contribution < -0.4 is 0 Å². The van der Waals surface area contributed by atoms with E-state index >= 15 is 0 Å². The molecule has 144 valence electrons. The fraction of sp³-hybridized carbons (Fsp3) is 0.632. The quantitative estimate of drug-likeness (QED) is 0.821. The Morgan fingerprint density at radius 1 is 1.15 bits per heavy atom. The maximum absolute atomic E-state index is 13.8. The predicted molar refractivity (Wildman–Crippen MR) is 96.4 cm³/mol. The molecule has 1 saturated heterocycles. The van der Waals surface area contributed by atoms with Crippen molar-refractivity contribution in [1.29, 1.82) is 0 Å². The molecule has 26 heavy (non-hydrogen) atoms. The summed E-state index contributed by atoms with van der Waals surface area (Å²) < 4.78 is 19.2. The number of aromatic nitrogens is 1. The van der Waals surface area contributed by atoms with Gasteiger partial charge in [-0.25, -0.2) is 9.18 Å². The summed E-state index contributed by atoms with van der Waals surface area (Å²) in [6.07, 6.45) is 1.10. The molecule has 7 heteroatoms. The number of rotatable bonds is 4. The van der Waals surface area contributed by atoms with Crippen LogP contribution in [0.25, 0.3) is 0 Å². The number of halogens is 1. The molecular formula is C19H28FN3O3. The Kier molecular flexibility index (Phi) is 6.01. The molecule has 0 saturated carbocycles. The van der Waals surface area contributed by atoms with Crippen LogP contribution in [0.3, 0.4) is 0 Å². The summed E-state index contributed by atoms with van der Waals surface area (Å²) in [7, 11) is 0. The first-order chi connectivity index (χ1) is 12.0. The Morgan fingerprint density at radius 2 is 1.77 bits per heavy atom. The summed E-state index contributed by atoms with van der Waals surface area (Å²) in [5.74, 6) is -0.563. The Morgan fingerprint density at radius 3 is 2.31 bits per heavy atom. The zero-order valence-electron chi connectivity index (χ0n) is 16.2. The van der Waals surface area contributed by atoms with Gasteiger partial charge in [-0.15, -0.1) is 0 Å². The maximum Gasteiger partial charge on any atom is 0.410 e. The average Bonchev–Trinajstić information content (AvgIpc) is 2.55. The van der Waals surface area contributed by atoms with E-state index in [0.717, 1.165) is 0 Å². The van der Waals surface area contributed by atoms with Gasteiger partial charge in [-0.05, 0) is 46.8 Å². The number of nitrogens with zero attached hydrogens (tertiary/aromatic N) is 3. The van der Waals surface area contributed by atoms with E-state index in [1.54, 1.807) is 4.90 Å². The number of carbonyl (C=O) groups is 2. The van der Waals surface area contributed by atoms with Gasteiger partial charge in [-0.3, -0.25) is 14.7 Å². The molecule has 0 spiro atoms. The Bertz CT molecular complexity index is 662. The van der Waals surface area contributed by atoms with Gasteiger partial charge in [0.15, 0.2) is 5.78 Å². The number of carbonyl (C=O) groups excluding carboxylic acids is 2. The number of piperazine rings is 1. The Balaban J connectivity index is 1.95. The highest BCUT2D eigenvalue weighted by atomic mass is 19.1. The fourth-order valence-corrected chi connectivity index (χ4v) is 2.87. The van der Waals surface area contributed by atoms with Crippen molar-refractivity contribution < 1.29 is 18.7 Å². The SMILES string of the molecule is CC(C)(C)OC(=O)N1CCN(C(C)(C)C(=O)Cc2ncccc2F)CC1. The van der Waals surface area contributed by atoms with Gasteiger partial charge < -0.3 is 9.64 Å². The van der Waals surface area contributed by atoms with Crippen LogP contribution in [0.2, 0.25) is 0 Å². The van der Waals surface area contributed by atoms with Crippen LogP contribution in [-0.4, -0.2) is 64.0 Å². The number of ether oxygens (including phenoxy) is 1. The van der Waals surface area contributed by atoms with E-state index in [4.69, 9.17) is 4.74 Å². The summed E-state index contributed by atoms with van der Waals surface area (Å²) >= 11 is 0. The van der Waals surface area contributed by atoms with Crippen LogP contribution in [0, 0.1) is 5.82 Å². The van der Waals surface area contributed by atoms with E-state index in [1.165, 1.54) is 18.3 Å². The molecule has 1 fully saturated rings. The van der Waals surface area contributed by atoms with Crippen molar-refractivity contribution in [1.82, 2.24) is 14.8 Å². The summed E-state index contributed by atoms with van der Waals surface area (Å²) in [5.41, 5.74) is -1.13. The molecule has 0 bridgehead atoms. The molecule has 1 aliphatic heterocycles. The largest absolute Gasteiger partial charge is 0.444 e. The molecule has 0 N–H and O–H groups in total. The van der Waals surface area contributed by atoms with Crippen LogP contribution in [0.1, 0.15) is 40.3 Å². The van der Waals surface area contributed by atoms with Crippen LogP contribution >= 0.6 is 0 Å². The van der Waals surface area contributed by atoms with Crippen molar-refractivity contribution in [3.63, 3.8) is 0 Å². The molecule has 0 radical (unpaired) electrons. The third-order valence-corrected chi connectivity index (χ3v) is 4.57. The second-order valence-corrected chi connectivity index (χ2v) is 8.05. The number of hydrogen-bond acceptors (Lipinski definition) is 5. The summed E-state index contributed by atoms with van der Waals surface area (Å²) in [6.45, 7) is 11.3. The third kappa shape index (κ3) is 5.00.